The molecule has 0 aliphatic carbocycles. The average Bonchev–Trinajstić information content (AvgIpc) is 2.27. The fourth-order valence-electron chi connectivity index (χ4n) is 1.33. The minimum absolute atomic E-state index is 0.144. The number of methoxy groups -OCH3 is 1. The summed E-state index contributed by atoms with van der Waals surface area (Å²) >= 11 is 0. The summed E-state index contributed by atoms with van der Waals surface area (Å²) in [5.74, 6) is -0.289. The Balaban J connectivity index is 3.09. The zero-order valence-corrected chi connectivity index (χ0v) is 8.70. The predicted molar refractivity (Wildman–Crippen MR) is 55.3 cm³/mol. The van der Waals surface area contributed by atoms with Crippen LogP contribution in [0.2, 0.25) is 0 Å². The van der Waals surface area contributed by atoms with Crippen molar-refractivity contribution >= 4 is 5.97 Å². The molecule has 0 saturated heterocycles. The molecule has 0 aromatic heterocycles. The highest BCUT2D eigenvalue weighted by Crippen LogP contribution is 2.17. The fraction of sp³-hybridized carbons (Fsp3) is 0.364. The second kappa shape index (κ2) is 4.77. The third kappa shape index (κ3) is 2.12. The summed E-state index contributed by atoms with van der Waals surface area (Å²) in [6.45, 7) is 2.00. The Morgan fingerprint density at radius 2 is 2.07 bits per heavy atom. The Kier molecular flexibility index (Phi) is 3.65. The van der Waals surface area contributed by atoms with Crippen molar-refractivity contribution in [3.05, 3.63) is 35.4 Å². The lowest BCUT2D eigenvalue weighted by atomic mass is 10.0. The molecule has 0 bridgehead atoms. The van der Waals surface area contributed by atoms with Crippen molar-refractivity contribution in [3.8, 4) is 0 Å². The van der Waals surface area contributed by atoms with Crippen molar-refractivity contribution in [2.24, 2.45) is 0 Å². The Hall–Kier alpha value is -1.35. The van der Waals surface area contributed by atoms with Crippen LogP contribution in [-0.2, 0) is 4.74 Å². The first-order valence-electron chi connectivity index (χ1n) is 4.55. The first-order valence-corrected chi connectivity index (χ1v) is 4.55. The number of rotatable bonds is 3. The van der Waals surface area contributed by atoms with Crippen LogP contribution in [-0.4, -0.2) is 20.1 Å². The number of esters is 1. The summed E-state index contributed by atoms with van der Waals surface area (Å²) in [4.78, 5) is 11.4. The molecule has 14 heavy (non-hydrogen) atoms. The van der Waals surface area contributed by atoms with Gasteiger partial charge in [0.05, 0.1) is 12.7 Å². The quantitative estimate of drug-likeness (QED) is 0.743. The number of carbonyl (C=O) groups is 1. The molecule has 0 aliphatic heterocycles. The topological polar surface area (TPSA) is 38.3 Å². The maximum absolute atomic E-state index is 11.4. The van der Waals surface area contributed by atoms with E-state index in [1.165, 1.54) is 7.11 Å². The average molecular weight is 193 g/mol. The van der Waals surface area contributed by atoms with Crippen LogP contribution >= 0.6 is 0 Å². The summed E-state index contributed by atoms with van der Waals surface area (Å²) in [6, 6.07) is 7.58. The van der Waals surface area contributed by atoms with Gasteiger partial charge in [-0.2, -0.15) is 0 Å². The van der Waals surface area contributed by atoms with Gasteiger partial charge in [-0.25, -0.2) is 4.79 Å². The second-order valence-corrected chi connectivity index (χ2v) is 3.09. The summed E-state index contributed by atoms with van der Waals surface area (Å²) < 4.78 is 4.70. The Morgan fingerprint density at radius 3 is 2.64 bits per heavy atom. The summed E-state index contributed by atoms with van der Waals surface area (Å²) in [7, 11) is 3.25. The van der Waals surface area contributed by atoms with Crippen LogP contribution in [0.15, 0.2) is 24.3 Å². The molecule has 0 radical (unpaired) electrons. The largest absolute Gasteiger partial charge is 0.465 e. The third-order valence-electron chi connectivity index (χ3n) is 2.27. The molecule has 3 nitrogen and oxygen atoms in total. The van der Waals surface area contributed by atoms with Crippen LogP contribution in [0.4, 0.5) is 0 Å². The van der Waals surface area contributed by atoms with Crippen molar-refractivity contribution < 1.29 is 9.53 Å². The summed E-state index contributed by atoms with van der Waals surface area (Å²) in [5.41, 5.74) is 1.58. The second-order valence-electron chi connectivity index (χ2n) is 3.09. The summed E-state index contributed by atoms with van der Waals surface area (Å²) in [5, 5.41) is 3.09. The first-order chi connectivity index (χ1) is 6.70. The molecule has 0 unspecified atom stereocenters. The van der Waals surface area contributed by atoms with E-state index < -0.39 is 0 Å². The van der Waals surface area contributed by atoms with Crippen molar-refractivity contribution in [1.29, 1.82) is 0 Å². The number of hydrogen-bond donors (Lipinski definition) is 1. The number of ether oxygens (including phenoxy) is 1. The molecular formula is C11H15NO2. The monoisotopic (exact) mass is 193 g/mol. The molecule has 1 aromatic carbocycles. The zero-order valence-electron chi connectivity index (χ0n) is 8.70. The minimum Gasteiger partial charge on any atom is -0.465 e. The van der Waals surface area contributed by atoms with E-state index in [-0.39, 0.29) is 12.0 Å². The lowest BCUT2D eigenvalue weighted by Crippen LogP contribution is -2.16. The third-order valence-corrected chi connectivity index (χ3v) is 2.27. The molecule has 76 valence electrons. The minimum atomic E-state index is -0.289. The van der Waals surface area contributed by atoms with E-state index in [1.54, 1.807) is 6.07 Å². The molecule has 0 aliphatic rings. The van der Waals surface area contributed by atoms with E-state index in [4.69, 9.17) is 4.74 Å². The number of carbonyl (C=O) groups excluding carboxylic acids is 1. The van der Waals surface area contributed by atoms with Gasteiger partial charge in [0.15, 0.2) is 0 Å². The highest BCUT2D eigenvalue weighted by molar-refractivity contribution is 5.91. The zero-order chi connectivity index (χ0) is 10.6. The maximum atomic E-state index is 11.4. The highest BCUT2D eigenvalue weighted by atomic mass is 16.5. The first kappa shape index (κ1) is 10.7. The summed E-state index contributed by atoms with van der Waals surface area (Å²) in [6.07, 6.45) is 0. The van der Waals surface area contributed by atoms with Crippen LogP contribution < -0.4 is 5.32 Å². The Bertz CT molecular complexity index is 323. The van der Waals surface area contributed by atoms with Gasteiger partial charge in [-0.3, -0.25) is 0 Å². The Labute approximate surface area is 84.1 Å². The molecule has 0 amide bonds. The molecule has 1 rings (SSSR count). The van der Waals surface area contributed by atoms with Gasteiger partial charge >= 0.3 is 5.97 Å². The van der Waals surface area contributed by atoms with Gasteiger partial charge in [0, 0.05) is 6.04 Å². The van der Waals surface area contributed by atoms with Gasteiger partial charge in [-0.05, 0) is 25.6 Å². The van der Waals surface area contributed by atoms with Crippen molar-refractivity contribution in [2.75, 3.05) is 14.2 Å². The lowest BCUT2D eigenvalue weighted by Gasteiger charge is -2.13. The lowest BCUT2D eigenvalue weighted by molar-refractivity contribution is 0.0599. The van der Waals surface area contributed by atoms with Crippen molar-refractivity contribution in [1.82, 2.24) is 5.32 Å². The fourth-order valence-corrected chi connectivity index (χ4v) is 1.33. The van der Waals surface area contributed by atoms with Gasteiger partial charge in [0.25, 0.3) is 0 Å². The molecule has 1 atom stereocenters. The molecule has 3 heteroatoms. The molecule has 1 aromatic rings. The molecule has 0 spiro atoms. The van der Waals surface area contributed by atoms with Crippen LogP contribution in [0.1, 0.15) is 28.9 Å². The van der Waals surface area contributed by atoms with Crippen molar-refractivity contribution in [2.45, 2.75) is 13.0 Å². The number of nitrogens with one attached hydrogen (secondary N) is 1. The standard InChI is InChI=1S/C11H15NO2/c1-8(12-2)9-6-4-5-7-10(9)11(13)14-3/h4-8,12H,1-3H3/t8-/m1/s1. The van der Waals surface area contributed by atoms with Crippen LogP contribution in [0, 0.1) is 0 Å². The van der Waals surface area contributed by atoms with Gasteiger partial charge in [0.2, 0.25) is 0 Å². The van der Waals surface area contributed by atoms with Gasteiger partial charge in [0.1, 0.15) is 0 Å². The van der Waals surface area contributed by atoms with E-state index in [2.05, 4.69) is 5.32 Å². The molecule has 1 N–H and O–H groups in total. The van der Waals surface area contributed by atoms with Crippen LogP contribution in [0.3, 0.4) is 0 Å². The molecular weight excluding hydrogens is 178 g/mol. The number of benzene rings is 1. The normalized spacial score (nSPS) is 12.2. The van der Waals surface area contributed by atoms with E-state index in [9.17, 15) is 4.79 Å². The van der Waals surface area contributed by atoms with Gasteiger partial charge in [-0.15, -0.1) is 0 Å². The predicted octanol–water partition coefficient (Wildman–Crippen LogP) is 1.75. The van der Waals surface area contributed by atoms with E-state index in [0.29, 0.717) is 5.56 Å². The van der Waals surface area contributed by atoms with E-state index in [0.717, 1.165) is 5.56 Å². The molecule has 0 heterocycles. The molecule has 0 saturated carbocycles. The van der Waals surface area contributed by atoms with Gasteiger partial charge < -0.3 is 10.1 Å². The van der Waals surface area contributed by atoms with E-state index >= 15 is 0 Å². The molecule has 0 fully saturated rings. The van der Waals surface area contributed by atoms with Crippen LogP contribution in [0.5, 0.6) is 0 Å². The Morgan fingerprint density at radius 1 is 1.43 bits per heavy atom. The number of hydrogen-bond acceptors (Lipinski definition) is 3. The SMILES string of the molecule is CN[C@H](C)c1ccccc1C(=O)OC. The maximum Gasteiger partial charge on any atom is 0.338 e. The van der Waals surface area contributed by atoms with Crippen molar-refractivity contribution in [3.63, 3.8) is 0 Å². The smallest absolute Gasteiger partial charge is 0.338 e. The van der Waals surface area contributed by atoms with E-state index in [1.807, 2.05) is 32.2 Å². The highest BCUT2D eigenvalue weighted by Gasteiger charge is 2.14. The van der Waals surface area contributed by atoms with Gasteiger partial charge in [-0.1, -0.05) is 18.2 Å². The van der Waals surface area contributed by atoms with Crippen LogP contribution in [0.25, 0.3) is 0 Å².